The number of carbonyl (C=O) groups excluding carboxylic acids is 1. The van der Waals surface area contributed by atoms with E-state index >= 15 is 0 Å². The molecule has 0 N–H and O–H groups in total. The summed E-state index contributed by atoms with van der Waals surface area (Å²) in [5.74, 6) is -0.118. The maximum atomic E-state index is 13.6. The molecule has 3 aromatic rings. The zero-order chi connectivity index (χ0) is 28.8. The molecule has 1 aliphatic carbocycles. The summed E-state index contributed by atoms with van der Waals surface area (Å²) in [5.41, 5.74) is 2.97. The lowest BCUT2D eigenvalue weighted by molar-refractivity contribution is -0.137. The van der Waals surface area contributed by atoms with Crippen LogP contribution in [0.4, 0.5) is 24.5 Å². The molecule has 1 amide bonds. The Labute approximate surface area is 240 Å². The molecule has 0 spiro atoms. The van der Waals surface area contributed by atoms with Gasteiger partial charge in [0.05, 0.1) is 5.56 Å². The number of hydrogen-bond donors (Lipinski definition) is 0. The van der Waals surface area contributed by atoms with Crippen molar-refractivity contribution < 1.29 is 18.0 Å². The smallest absolute Gasteiger partial charge is 0.345 e. The number of rotatable bonds is 8. The normalized spacial score (nSPS) is 19.9. The highest BCUT2D eigenvalue weighted by Gasteiger charge is 2.32. The third-order valence-electron chi connectivity index (χ3n) is 8.43. The largest absolute Gasteiger partial charge is 0.416 e. The first-order valence-electron chi connectivity index (χ1n) is 14.4. The zero-order valence-corrected chi connectivity index (χ0v) is 23.4. The van der Waals surface area contributed by atoms with Crippen molar-refractivity contribution in [2.75, 3.05) is 25.0 Å². The minimum atomic E-state index is -4.38. The highest BCUT2D eigenvalue weighted by Crippen LogP contribution is 2.31. The number of halogens is 3. The molecule has 216 valence electrons. The number of amides is 1. The molecule has 8 heteroatoms. The molecule has 5 rings (SSSR count). The summed E-state index contributed by atoms with van der Waals surface area (Å²) in [6, 6.07) is 17.7. The summed E-state index contributed by atoms with van der Waals surface area (Å²) < 4.78 is 38.8. The summed E-state index contributed by atoms with van der Waals surface area (Å²) in [6.07, 6.45) is 8.84. The van der Waals surface area contributed by atoms with Crippen LogP contribution in [0.2, 0.25) is 0 Å². The van der Waals surface area contributed by atoms with Gasteiger partial charge in [-0.3, -0.25) is 9.78 Å². The van der Waals surface area contributed by atoms with Crippen LogP contribution in [0.1, 0.15) is 55.2 Å². The van der Waals surface area contributed by atoms with Crippen LogP contribution in [-0.2, 0) is 17.5 Å². The third-order valence-corrected chi connectivity index (χ3v) is 8.43. The second-order valence-corrected chi connectivity index (χ2v) is 11.1. The van der Waals surface area contributed by atoms with Gasteiger partial charge in [-0.1, -0.05) is 24.3 Å². The van der Waals surface area contributed by atoms with E-state index in [1.54, 1.807) is 18.5 Å². The molecule has 0 unspecified atom stereocenters. The first-order valence-corrected chi connectivity index (χ1v) is 14.4. The van der Waals surface area contributed by atoms with E-state index in [4.69, 9.17) is 0 Å². The topological polar surface area (TPSA) is 39.7 Å². The molecule has 0 atom stereocenters. The Morgan fingerprint density at radius 3 is 2.12 bits per heavy atom. The van der Waals surface area contributed by atoms with Crippen molar-refractivity contribution in [2.45, 2.75) is 63.3 Å². The van der Waals surface area contributed by atoms with Crippen LogP contribution in [0.15, 0.2) is 79.1 Å². The first kappa shape index (κ1) is 28.9. The Kier molecular flexibility index (Phi) is 9.08. The van der Waals surface area contributed by atoms with Crippen LogP contribution in [0.25, 0.3) is 6.08 Å². The number of nitrogens with zero attached hydrogens (tertiary/aromatic N) is 4. The molecular formula is C33H37F3N4O. The number of likely N-dealkylation sites (tertiary alicyclic amines) is 1. The van der Waals surface area contributed by atoms with E-state index in [0.29, 0.717) is 18.2 Å². The fraction of sp³-hybridized carbons (Fsp3) is 0.394. The average molecular weight is 563 g/mol. The number of aromatic nitrogens is 1. The highest BCUT2D eigenvalue weighted by atomic mass is 19.4. The van der Waals surface area contributed by atoms with Crippen molar-refractivity contribution in [1.29, 1.82) is 0 Å². The summed E-state index contributed by atoms with van der Waals surface area (Å²) >= 11 is 0. The lowest BCUT2D eigenvalue weighted by Crippen LogP contribution is -2.45. The van der Waals surface area contributed by atoms with Crippen molar-refractivity contribution in [1.82, 2.24) is 14.8 Å². The standard InChI is InChI=1S/C33H37F3N4O/c1-38(29-18-20-37-21-19-29)28-11-6-26(7-12-28)24-40(31-15-13-30(14-16-31)39-22-2-3-23-39)32(41)17-8-25-4-9-27(10-5-25)33(34,35)36/h4-12,17-21,30-31H,2-3,13-16,22-24H2,1H3/b17-8+. The van der Waals surface area contributed by atoms with Crippen molar-refractivity contribution in [3.63, 3.8) is 0 Å². The van der Waals surface area contributed by atoms with Gasteiger partial charge >= 0.3 is 6.18 Å². The average Bonchev–Trinajstić information content (AvgIpc) is 3.54. The second-order valence-electron chi connectivity index (χ2n) is 11.1. The molecule has 1 saturated carbocycles. The molecule has 5 nitrogen and oxygen atoms in total. The molecule has 2 fully saturated rings. The van der Waals surface area contributed by atoms with Gasteiger partial charge in [0.25, 0.3) is 0 Å². The summed E-state index contributed by atoms with van der Waals surface area (Å²) in [5, 5.41) is 0. The van der Waals surface area contributed by atoms with Gasteiger partial charge in [0.1, 0.15) is 0 Å². The molecule has 41 heavy (non-hydrogen) atoms. The fourth-order valence-corrected chi connectivity index (χ4v) is 6.01. The summed E-state index contributed by atoms with van der Waals surface area (Å²) in [7, 11) is 2.00. The molecular weight excluding hydrogens is 525 g/mol. The molecule has 1 aromatic heterocycles. The van der Waals surface area contributed by atoms with Crippen LogP contribution in [0, 0.1) is 0 Å². The fourth-order valence-electron chi connectivity index (χ4n) is 6.01. The quantitative estimate of drug-likeness (QED) is 0.270. The SMILES string of the molecule is CN(c1ccncc1)c1ccc(CN(C(=O)/C=C/c2ccc(C(F)(F)F)cc2)C2CCC(N3CCCC3)CC2)cc1. The first-order chi connectivity index (χ1) is 19.8. The van der Waals surface area contributed by atoms with E-state index in [1.165, 1.54) is 44.1 Å². The lowest BCUT2D eigenvalue weighted by Gasteiger charge is -2.39. The van der Waals surface area contributed by atoms with E-state index in [9.17, 15) is 18.0 Å². The zero-order valence-electron chi connectivity index (χ0n) is 23.4. The van der Waals surface area contributed by atoms with Gasteiger partial charge < -0.3 is 14.7 Å². The van der Waals surface area contributed by atoms with Crippen molar-refractivity contribution >= 4 is 23.4 Å². The van der Waals surface area contributed by atoms with Gasteiger partial charge in [-0.25, -0.2) is 0 Å². The lowest BCUT2D eigenvalue weighted by atomic mass is 9.89. The van der Waals surface area contributed by atoms with Crippen molar-refractivity contribution in [3.8, 4) is 0 Å². The van der Waals surface area contributed by atoms with E-state index < -0.39 is 11.7 Å². The Morgan fingerprint density at radius 2 is 1.51 bits per heavy atom. The third kappa shape index (κ3) is 7.36. The number of carbonyl (C=O) groups is 1. The predicted molar refractivity (Wildman–Crippen MR) is 157 cm³/mol. The Balaban J connectivity index is 1.30. The van der Waals surface area contributed by atoms with Gasteiger partial charge in [-0.15, -0.1) is 0 Å². The number of pyridine rings is 1. The van der Waals surface area contributed by atoms with Crippen molar-refractivity contribution in [2.24, 2.45) is 0 Å². The minimum Gasteiger partial charge on any atom is -0.345 e. The van der Waals surface area contributed by atoms with Crippen LogP contribution < -0.4 is 4.90 Å². The van der Waals surface area contributed by atoms with E-state index in [0.717, 1.165) is 54.8 Å². The molecule has 0 radical (unpaired) electrons. The minimum absolute atomic E-state index is 0.118. The molecule has 1 saturated heterocycles. The maximum absolute atomic E-state index is 13.6. The number of hydrogen-bond acceptors (Lipinski definition) is 4. The Morgan fingerprint density at radius 1 is 0.902 bits per heavy atom. The highest BCUT2D eigenvalue weighted by molar-refractivity contribution is 5.92. The number of benzene rings is 2. The van der Waals surface area contributed by atoms with Crippen LogP contribution >= 0.6 is 0 Å². The maximum Gasteiger partial charge on any atom is 0.416 e. The molecule has 2 aliphatic rings. The predicted octanol–water partition coefficient (Wildman–Crippen LogP) is 7.32. The Bertz CT molecular complexity index is 1300. The Hall–Kier alpha value is -3.65. The van der Waals surface area contributed by atoms with Crippen LogP contribution in [-0.4, -0.2) is 52.9 Å². The van der Waals surface area contributed by atoms with Gasteiger partial charge in [0.2, 0.25) is 5.91 Å². The van der Waals surface area contributed by atoms with E-state index in [-0.39, 0.29) is 11.9 Å². The summed E-state index contributed by atoms with van der Waals surface area (Å²) in [6.45, 7) is 2.83. The number of alkyl halides is 3. The van der Waals surface area contributed by atoms with E-state index in [2.05, 4.69) is 39.0 Å². The van der Waals surface area contributed by atoms with E-state index in [1.807, 2.05) is 24.1 Å². The molecule has 2 heterocycles. The van der Waals surface area contributed by atoms with Gasteiger partial charge in [-0.05, 0) is 105 Å². The van der Waals surface area contributed by atoms with Crippen molar-refractivity contribution in [3.05, 3.63) is 95.8 Å². The molecule has 1 aliphatic heterocycles. The monoisotopic (exact) mass is 562 g/mol. The second kappa shape index (κ2) is 12.9. The summed E-state index contributed by atoms with van der Waals surface area (Å²) in [4.78, 5) is 24.3. The number of anilines is 2. The van der Waals surface area contributed by atoms with Crippen LogP contribution in [0.5, 0.6) is 0 Å². The van der Waals surface area contributed by atoms with Crippen LogP contribution in [0.3, 0.4) is 0 Å². The van der Waals surface area contributed by atoms with Gasteiger partial charge in [0.15, 0.2) is 0 Å². The molecule has 0 bridgehead atoms. The molecule has 2 aromatic carbocycles. The van der Waals surface area contributed by atoms with Gasteiger partial charge in [0, 0.05) is 55.5 Å². The van der Waals surface area contributed by atoms with Gasteiger partial charge in [-0.2, -0.15) is 13.2 Å².